The largest absolute Gasteiger partial charge is 0.464 e. The highest BCUT2D eigenvalue weighted by Gasteiger charge is 2.12. The molecule has 0 aliphatic heterocycles. The molecule has 0 aliphatic carbocycles. The first-order chi connectivity index (χ1) is 11.2. The lowest BCUT2D eigenvalue weighted by Crippen LogP contribution is -1.99. The van der Waals surface area contributed by atoms with Gasteiger partial charge in [-0.1, -0.05) is 36.8 Å². The Balaban J connectivity index is 2.03. The van der Waals surface area contributed by atoms with Gasteiger partial charge in [-0.2, -0.15) is 0 Å². The summed E-state index contributed by atoms with van der Waals surface area (Å²) in [7, 11) is 0. The van der Waals surface area contributed by atoms with Crippen molar-refractivity contribution >= 4 is 21.9 Å². The van der Waals surface area contributed by atoms with Crippen LogP contribution in [0.3, 0.4) is 0 Å². The molecule has 2 aromatic carbocycles. The van der Waals surface area contributed by atoms with Gasteiger partial charge in [-0.3, -0.25) is 0 Å². The van der Waals surface area contributed by atoms with Gasteiger partial charge in [-0.05, 0) is 30.5 Å². The maximum absolute atomic E-state index is 11.7. The van der Waals surface area contributed by atoms with E-state index < -0.39 is 0 Å². The van der Waals surface area contributed by atoms with Gasteiger partial charge in [0.1, 0.15) is 11.2 Å². The van der Waals surface area contributed by atoms with Gasteiger partial charge in [0.2, 0.25) is 0 Å². The average Bonchev–Trinajstić information content (AvgIpc) is 2.95. The molecule has 3 nitrogen and oxygen atoms in total. The quantitative estimate of drug-likeness (QED) is 0.485. The molecule has 0 radical (unpaired) electrons. The second kappa shape index (κ2) is 5.13. The molecule has 3 heteroatoms. The lowest BCUT2D eigenvalue weighted by atomic mass is 10.0. The van der Waals surface area contributed by atoms with Crippen LogP contribution in [-0.2, 0) is 6.42 Å². The third-order valence-electron chi connectivity index (χ3n) is 4.27. The summed E-state index contributed by atoms with van der Waals surface area (Å²) in [6.45, 7) is 4.11. The predicted molar refractivity (Wildman–Crippen MR) is 91.8 cm³/mol. The summed E-state index contributed by atoms with van der Waals surface area (Å²) in [5, 5.41) is 2.00. The van der Waals surface area contributed by atoms with Crippen LogP contribution in [0.4, 0.5) is 0 Å². The molecule has 23 heavy (non-hydrogen) atoms. The van der Waals surface area contributed by atoms with E-state index in [1.165, 1.54) is 5.56 Å². The molecule has 114 valence electrons. The van der Waals surface area contributed by atoms with Gasteiger partial charge in [-0.15, -0.1) is 0 Å². The molecule has 0 atom stereocenters. The minimum Gasteiger partial charge on any atom is -0.464 e. The Labute approximate surface area is 133 Å². The van der Waals surface area contributed by atoms with E-state index >= 15 is 0 Å². The second-order valence-electron chi connectivity index (χ2n) is 5.80. The van der Waals surface area contributed by atoms with Crippen molar-refractivity contribution in [1.29, 1.82) is 0 Å². The van der Waals surface area contributed by atoms with Gasteiger partial charge in [-0.25, -0.2) is 4.79 Å². The van der Waals surface area contributed by atoms with Gasteiger partial charge in [0.15, 0.2) is 0 Å². The van der Waals surface area contributed by atoms with E-state index in [0.29, 0.717) is 5.58 Å². The van der Waals surface area contributed by atoms with Crippen LogP contribution in [0, 0.1) is 6.92 Å². The average molecular weight is 304 g/mol. The Morgan fingerprint density at radius 1 is 0.957 bits per heavy atom. The first kappa shape index (κ1) is 13.8. The standard InChI is InChI=1S/C20H16O3/c1-3-13-8-20(21)23-19-10-18-16(9-15(13)19)17(11-22-18)14-6-4-12(2)5-7-14/h4-11H,3H2,1-2H3. The molecule has 0 amide bonds. The first-order valence-corrected chi connectivity index (χ1v) is 7.70. The van der Waals surface area contributed by atoms with Crippen molar-refractivity contribution in [3.05, 3.63) is 70.3 Å². The van der Waals surface area contributed by atoms with Crippen molar-refractivity contribution in [2.45, 2.75) is 20.3 Å². The van der Waals surface area contributed by atoms with E-state index in [0.717, 1.165) is 39.5 Å². The van der Waals surface area contributed by atoms with Crippen LogP contribution < -0.4 is 5.63 Å². The normalized spacial score (nSPS) is 11.4. The summed E-state index contributed by atoms with van der Waals surface area (Å²) in [6.07, 6.45) is 2.54. The lowest BCUT2D eigenvalue weighted by molar-refractivity contribution is 0.557. The number of benzene rings is 2. The third kappa shape index (κ3) is 2.25. The van der Waals surface area contributed by atoms with E-state index in [4.69, 9.17) is 8.83 Å². The Morgan fingerprint density at radius 3 is 2.48 bits per heavy atom. The molecular weight excluding hydrogens is 288 g/mol. The fourth-order valence-electron chi connectivity index (χ4n) is 3.00. The highest BCUT2D eigenvalue weighted by Crippen LogP contribution is 2.34. The van der Waals surface area contributed by atoms with Gasteiger partial charge >= 0.3 is 5.63 Å². The van der Waals surface area contributed by atoms with Crippen LogP contribution in [-0.4, -0.2) is 0 Å². The summed E-state index contributed by atoms with van der Waals surface area (Å²) in [5.41, 5.74) is 5.37. The molecule has 4 aromatic rings. The maximum atomic E-state index is 11.7. The monoisotopic (exact) mass is 304 g/mol. The first-order valence-electron chi connectivity index (χ1n) is 7.70. The van der Waals surface area contributed by atoms with E-state index in [-0.39, 0.29) is 5.63 Å². The molecule has 0 aliphatic rings. The minimum absolute atomic E-state index is 0.320. The Hall–Kier alpha value is -2.81. The molecule has 0 saturated heterocycles. The molecule has 0 fully saturated rings. The van der Waals surface area contributed by atoms with Gasteiger partial charge in [0, 0.05) is 28.5 Å². The Morgan fingerprint density at radius 2 is 1.74 bits per heavy atom. The van der Waals surface area contributed by atoms with Crippen molar-refractivity contribution in [3.63, 3.8) is 0 Å². The molecule has 2 aromatic heterocycles. The zero-order valence-corrected chi connectivity index (χ0v) is 13.1. The van der Waals surface area contributed by atoms with Crippen molar-refractivity contribution in [3.8, 4) is 11.1 Å². The summed E-state index contributed by atoms with van der Waals surface area (Å²) in [6, 6.07) is 13.8. The van der Waals surface area contributed by atoms with E-state index in [2.05, 4.69) is 37.3 Å². The topological polar surface area (TPSA) is 43.4 Å². The number of aryl methyl sites for hydroxylation is 2. The minimum atomic E-state index is -0.320. The molecule has 2 heterocycles. The molecule has 0 spiro atoms. The number of furan rings is 1. The van der Waals surface area contributed by atoms with E-state index in [1.807, 2.05) is 13.0 Å². The maximum Gasteiger partial charge on any atom is 0.336 e. The van der Waals surface area contributed by atoms with Gasteiger partial charge < -0.3 is 8.83 Å². The molecule has 4 rings (SSSR count). The summed E-state index contributed by atoms with van der Waals surface area (Å²) in [4.78, 5) is 11.7. The van der Waals surface area contributed by atoms with Crippen LogP contribution in [0.25, 0.3) is 33.1 Å². The highest BCUT2D eigenvalue weighted by molar-refractivity contribution is 6.02. The van der Waals surface area contributed by atoms with Crippen LogP contribution in [0.2, 0.25) is 0 Å². The van der Waals surface area contributed by atoms with Crippen LogP contribution >= 0.6 is 0 Å². The van der Waals surface area contributed by atoms with Gasteiger partial charge in [0.25, 0.3) is 0 Å². The zero-order valence-electron chi connectivity index (χ0n) is 13.1. The summed E-state index contributed by atoms with van der Waals surface area (Å²) < 4.78 is 11.0. The predicted octanol–water partition coefficient (Wildman–Crippen LogP) is 5.08. The van der Waals surface area contributed by atoms with Crippen molar-refractivity contribution in [2.75, 3.05) is 0 Å². The van der Waals surface area contributed by atoms with Gasteiger partial charge in [0.05, 0.1) is 6.26 Å². The lowest BCUT2D eigenvalue weighted by Gasteiger charge is -2.04. The summed E-state index contributed by atoms with van der Waals surface area (Å²) in [5.74, 6) is 0. The van der Waals surface area contributed by atoms with E-state index in [1.54, 1.807) is 12.3 Å². The van der Waals surface area contributed by atoms with Crippen LogP contribution in [0.1, 0.15) is 18.1 Å². The smallest absolute Gasteiger partial charge is 0.336 e. The highest BCUT2D eigenvalue weighted by atomic mass is 16.4. The number of rotatable bonds is 2. The van der Waals surface area contributed by atoms with Crippen LogP contribution in [0.5, 0.6) is 0 Å². The van der Waals surface area contributed by atoms with Crippen molar-refractivity contribution in [2.24, 2.45) is 0 Å². The molecule has 0 bridgehead atoms. The summed E-state index contributed by atoms with van der Waals surface area (Å²) >= 11 is 0. The molecule has 0 saturated carbocycles. The van der Waals surface area contributed by atoms with Crippen LogP contribution in [0.15, 0.2) is 62.4 Å². The fourth-order valence-corrected chi connectivity index (χ4v) is 3.00. The second-order valence-corrected chi connectivity index (χ2v) is 5.80. The Bertz CT molecular complexity index is 1070. The van der Waals surface area contributed by atoms with E-state index in [9.17, 15) is 4.79 Å². The Kier molecular flexibility index (Phi) is 3.08. The molecular formula is C20H16O3. The number of fused-ring (bicyclic) bond motifs is 2. The third-order valence-corrected chi connectivity index (χ3v) is 4.27. The fraction of sp³-hybridized carbons (Fsp3) is 0.150. The molecule has 0 unspecified atom stereocenters. The van der Waals surface area contributed by atoms with Crippen molar-refractivity contribution in [1.82, 2.24) is 0 Å². The SMILES string of the molecule is CCc1cc(=O)oc2cc3occ(-c4ccc(C)cc4)c3cc12. The number of hydrogen-bond donors (Lipinski definition) is 0. The zero-order chi connectivity index (χ0) is 16.0. The van der Waals surface area contributed by atoms with Crippen molar-refractivity contribution < 1.29 is 8.83 Å². The number of hydrogen-bond acceptors (Lipinski definition) is 3. The molecule has 0 N–H and O–H groups in total.